The molecular formula is C21H42N4O10. The molecule has 2 aliphatic heterocycles. The molecular weight excluding hydrogens is 468 g/mol. The first-order valence-electron chi connectivity index (χ1n) is 12.0. The molecule has 0 amide bonds. The van der Waals surface area contributed by atoms with Crippen LogP contribution in [0.4, 0.5) is 0 Å². The lowest BCUT2D eigenvalue weighted by Gasteiger charge is -2.47. The molecule has 0 aromatic carbocycles. The zero-order valence-electron chi connectivity index (χ0n) is 20.2. The van der Waals surface area contributed by atoms with E-state index in [0.29, 0.717) is 0 Å². The minimum atomic E-state index is -1.46. The SMILES string of the molecule is CNC1C(O)C(C)COC(OC2C(O)[C@H](O[C@H]3OC([C@@H](C)O)[C@@H](O)C(O)C3N)C(N)C[C@H]2N)[C@@H]1O. The molecule has 0 radical (unpaired) electrons. The van der Waals surface area contributed by atoms with Crippen LogP contribution in [0.25, 0.3) is 0 Å². The fraction of sp³-hybridized carbons (Fsp3) is 1.00. The molecule has 13 N–H and O–H groups in total. The summed E-state index contributed by atoms with van der Waals surface area (Å²) in [5.74, 6) is -0.293. The van der Waals surface area contributed by atoms with Crippen LogP contribution in [0.2, 0.25) is 0 Å². The van der Waals surface area contributed by atoms with Gasteiger partial charge in [-0.25, -0.2) is 0 Å². The smallest absolute Gasteiger partial charge is 0.185 e. The number of aliphatic hydroxyl groups is 6. The highest BCUT2D eigenvalue weighted by Crippen LogP contribution is 2.31. The highest BCUT2D eigenvalue weighted by Gasteiger charge is 2.51. The van der Waals surface area contributed by atoms with Crippen LogP contribution < -0.4 is 22.5 Å². The van der Waals surface area contributed by atoms with Crippen LogP contribution >= 0.6 is 0 Å². The fourth-order valence-corrected chi connectivity index (χ4v) is 5.01. The maximum Gasteiger partial charge on any atom is 0.185 e. The molecule has 35 heavy (non-hydrogen) atoms. The number of aliphatic hydroxyl groups excluding tert-OH is 6. The van der Waals surface area contributed by atoms with Gasteiger partial charge >= 0.3 is 0 Å². The molecule has 0 spiro atoms. The van der Waals surface area contributed by atoms with Crippen molar-refractivity contribution in [3.8, 4) is 0 Å². The third kappa shape index (κ3) is 5.97. The summed E-state index contributed by atoms with van der Waals surface area (Å²) in [5, 5.41) is 65.6. The standard InChI is InChI=1S/C21H42N4O10/c1-6-5-32-21(14(29)11(25-3)12(6)27)35-19-9(23)4-8(22)18(16(19)31)34-20-10(24)13(28)15(30)17(33-20)7(2)26/h6-21,25-31H,4-5,22-24H2,1-3H3/t6?,7-,8?,9-,10?,11?,12?,13?,14-,15+,16?,17?,18-,19?,20-,21?/m1/s1. The van der Waals surface area contributed by atoms with Crippen molar-refractivity contribution in [2.75, 3.05) is 13.7 Å². The summed E-state index contributed by atoms with van der Waals surface area (Å²) in [6.45, 7) is 3.25. The largest absolute Gasteiger partial charge is 0.391 e. The Hall–Kier alpha value is -0.560. The lowest BCUT2D eigenvalue weighted by molar-refractivity contribution is -0.309. The van der Waals surface area contributed by atoms with Crippen LogP contribution in [0.15, 0.2) is 0 Å². The first kappa shape index (κ1) is 29.0. The summed E-state index contributed by atoms with van der Waals surface area (Å²) < 4.78 is 23.1. The van der Waals surface area contributed by atoms with Gasteiger partial charge in [0.05, 0.1) is 30.9 Å². The molecule has 14 nitrogen and oxygen atoms in total. The maximum absolute atomic E-state index is 11.1. The number of rotatable bonds is 6. The van der Waals surface area contributed by atoms with Crippen molar-refractivity contribution in [2.24, 2.45) is 23.1 Å². The zero-order chi connectivity index (χ0) is 26.2. The van der Waals surface area contributed by atoms with Crippen molar-refractivity contribution in [3.63, 3.8) is 0 Å². The molecule has 2 heterocycles. The first-order valence-corrected chi connectivity index (χ1v) is 12.0. The highest BCUT2D eigenvalue weighted by atomic mass is 16.7. The van der Waals surface area contributed by atoms with Crippen LogP contribution in [0.5, 0.6) is 0 Å². The van der Waals surface area contributed by atoms with E-state index in [1.54, 1.807) is 14.0 Å². The first-order chi connectivity index (χ1) is 16.4. The van der Waals surface area contributed by atoms with Gasteiger partial charge in [0.15, 0.2) is 12.6 Å². The van der Waals surface area contributed by atoms with Gasteiger partial charge in [-0.3, -0.25) is 0 Å². The van der Waals surface area contributed by atoms with E-state index in [2.05, 4.69) is 5.32 Å². The molecule has 10 unspecified atom stereocenters. The minimum absolute atomic E-state index is 0.101. The number of hydrogen-bond donors (Lipinski definition) is 10. The second kappa shape index (κ2) is 11.9. The van der Waals surface area contributed by atoms with E-state index in [9.17, 15) is 30.6 Å². The number of hydrogen-bond acceptors (Lipinski definition) is 14. The summed E-state index contributed by atoms with van der Waals surface area (Å²) in [4.78, 5) is 0. The Morgan fingerprint density at radius 2 is 1.43 bits per heavy atom. The van der Waals surface area contributed by atoms with Crippen LogP contribution in [0.3, 0.4) is 0 Å². The predicted octanol–water partition coefficient (Wildman–Crippen LogP) is -5.37. The lowest BCUT2D eigenvalue weighted by atomic mass is 9.84. The molecule has 0 aromatic rings. The van der Waals surface area contributed by atoms with Crippen LogP contribution in [-0.2, 0) is 18.9 Å². The van der Waals surface area contributed by atoms with E-state index in [0.717, 1.165) is 0 Å². The predicted molar refractivity (Wildman–Crippen MR) is 120 cm³/mol. The molecule has 3 rings (SSSR count). The zero-order valence-corrected chi connectivity index (χ0v) is 20.2. The third-order valence-electron chi connectivity index (χ3n) is 7.26. The summed E-state index contributed by atoms with van der Waals surface area (Å²) in [7, 11) is 1.59. The van der Waals surface area contributed by atoms with Crippen LogP contribution in [-0.4, -0.2) is 136 Å². The second-order valence-electron chi connectivity index (χ2n) is 10.00. The number of nitrogens with two attached hydrogens (primary N) is 3. The van der Waals surface area contributed by atoms with Crippen molar-refractivity contribution in [3.05, 3.63) is 0 Å². The molecule has 1 aliphatic carbocycles. The number of likely N-dealkylation sites (N-methyl/N-ethyl adjacent to an activating group) is 1. The van der Waals surface area contributed by atoms with Gasteiger partial charge in [0, 0.05) is 18.0 Å². The van der Waals surface area contributed by atoms with Gasteiger partial charge in [0.2, 0.25) is 0 Å². The average molecular weight is 511 g/mol. The molecule has 3 fully saturated rings. The minimum Gasteiger partial charge on any atom is -0.391 e. The van der Waals surface area contributed by atoms with E-state index >= 15 is 0 Å². The van der Waals surface area contributed by atoms with Gasteiger partial charge < -0.3 is 72.1 Å². The van der Waals surface area contributed by atoms with E-state index in [4.69, 9.17) is 36.1 Å². The summed E-state index contributed by atoms with van der Waals surface area (Å²) >= 11 is 0. The van der Waals surface area contributed by atoms with Crippen LogP contribution in [0, 0.1) is 5.92 Å². The summed E-state index contributed by atoms with van der Waals surface area (Å²) in [6, 6.07) is -3.45. The Bertz CT molecular complexity index is 664. The quantitative estimate of drug-likeness (QED) is 0.160. The van der Waals surface area contributed by atoms with Gasteiger partial charge in [-0.1, -0.05) is 6.92 Å². The monoisotopic (exact) mass is 510 g/mol. The van der Waals surface area contributed by atoms with Gasteiger partial charge in [-0.15, -0.1) is 0 Å². The lowest BCUT2D eigenvalue weighted by Crippen LogP contribution is -2.68. The highest BCUT2D eigenvalue weighted by molar-refractivity contribution is 5.01. The Kier molecular flexibility index (Phi) is 9.84. The molecule has 14 heteroatoms. The van der Waals surface area contributed by atoms with Gasteiger partial charge in [0.25, 0.3) is 0 Å². The van der Waals surface area contributed by atoms with Crippen molar-refractivity contribution < 1.29 is 49.6 Å². The van der Waals surface area contributed by atoms with E-state index in [1.165, 1.54) is 6.92 Å². The Labute approximate surface area is 204 Å². The second-order valence-corrected chi connectivity index (χ2v) is 10.00. The van der Waals surface area contributed by atoms with Crippen LogP contribution in [0.1, 0.15) is 20.3 Å². The fourth-order valence-electron chi connectivity index (χ4n) is 5.01. The average Bonchev–Trinajstić information content (AvgIpc) is 2.89. The third-order valence-corrected chi connectivity index (χ3v) is 7.26. The van der Waals surface area contributed by atoms with Crippen molar-refractivity contribution in [1.82, 2.24) is 5.32 Å². The molecule has 1 saturated carbocycles. The summed E-state index contributed by atoms with van der Waals surface area (Å²) in [5.41, 5.74) is 18.4. The topological polar surface area (TPSA) is 248 Å². The van der Waals surface area contributed by atoms with Gasteiger partial charge in [-0.05, 0) is 20.4 Å². The number of ether oxygens (including phenoxy) is 4. The van der Waals surface area contributed by atoms with Crippen molar-refractivity contribution >= 4 is 0 Å². The molecule has 3 aliphatic rings. The van der Waals surface area contributed by atoms with Gasteiger partial charge in [0.1, 0.15) is 42.7 Å². The Morgan fingerprint density at radius 3 is 1.97 bits per heavy atom. The van der Waals surface area contributed by atoms with Crippen molar-refractivity contribution in [1.29, 1.82) is 0 Å². The number of nitrogens with one attached hydrogen (secondary N) is 1. The van der Waals surface area contributed by atoms with Crippen molar-refractivity contribution in [2.45, 2.75) is 112 Å². The molecule has 0 aromatic heterocycles. The normalized spacial score (nSPS) is 52.6. The molecule has 206 valence electrons. The summed E-state index contributed by atoms with van der Waals surface area (Å²) in [6.07, 6.45) is -13.3. The molecule has 2 saturated heterocycles. The van der Waals surface area contributed by atoms with Gasteiger partial charge in [-0.2, -0.15) is 0 Å². The Morgan fingerprint density at radius 1 is 0.857 bits per heavy atom. The van der Waals surface area contributed by atoms with E-state index < -0.39 is 91.7 Å². The van der Waals surface area contributed by atoms with E-state index in [-0.39, 0.29) is 18.9 Å². The molecule has 16 atom stereocenters. The Balaban J connectivity index is 1.75. The van der Waals surface area contributed by atoms with E-state index in [1.807, 2.05) is 0 Å². The maximum atomic E-state index is 11.1. The molecule has 0 bridgehead atoms.